The second kappa shape index (κ2) is 21.3. The maximum absolute atomic E-state index is 10.0. The van der Waals surface area contributed by atoms with Crippen LogP contribution in [0.3, 0.4) is 0 Å². The van der Waals surface area contributed by atoms with Gasteiger partial charge < -0.3 is 39.4 Å². The molecule has 0 bridgehead atoms. The van der Waals surface area contributed by atoms with E-state index in [1.807, 2.05) is 18.2 Å². The minimum absolute atomic E-state index is 0.380. The van der Waals surface area contributed by atoms with Crippen molar-refractivity contribution in [3.05, 3.63) is 60.1 Å². The molecule has 0 saturated carbocycles. The number of ether oxygens (including phenoxy) is 4. The third-order valence-corrected chi connectivity index (χ3v) is 7.50. The van der Waals surface area contributed by atoms with Crippen LogP contribution in [0.25, 0.3) is 0 Å². The predicted octanol–water partition coefficient (Wildman–Crippen LogP) is 3.91. The summed E-state index contributed by atoms with van der Waals surface area (Å²) >= 11 is 0. The number of aromatic nitrogens is 2. The maximum Gasteiger partial charge on any atom is 0.214 e. The van der Waals surface area contributed by atoms with Crippen molar-refractivity contribution >= 4 is 0 Å². The molecule has 0 amide bonds. The number of aliphatic hydroxyl groups excluding tert-OH is 4. The highest BCUT2D eigenvalue weighted by atomic mass is 16.7. The van der Waals surface area contributed by atoms with Gasteiger partial charge in [0.1, 0.15) is 47.2 Å². The average molecular weight is 637 g/mol. The van der Waals surface area contributed by atoms with Gasteiger partial charge in [0, 0.05) is 24.8 Å². The molecule has 1 aliphatic heterocycles. The summed E-state index contributed by atoms with van der Waals surface area (Å²) in [6.07, 6.45) is 12.8. The van der Waals surface area contributed by atoms with Gasteiger partial charge in [-0.3, -0.25) is 0 Å². The fraction of sp³-hybridized carbons (Fsp3) is 0.556. The standard InChI is InChI=1S/C36H48N2O8/c1-3-5-21-43-30-24-27(4-2)37-29(25-30)20-19-28-17-16-18-32(38-28)44-22-14-12-10-8-6-7-9-11-13-15-23-45-36-35(42)34(41)33(40)31(26-39)46-36/h2-3,16-18,24-25,31,33-36,39-42H,1,5-15,21-23,26H2/t31-,33-,34+,35-,36-/m1/s1. The Bertz CT molecular complexity index is 1280. The van der Waals surface area contributed by atoms with E-state index in [9.17, 15) is 20.4 Å². The number of nitrogens with zero attached hydrogens (tertiary/aromatic N) is 2. The first-order valence-corrected chi connectivity index (χ1v) is 16.2. The molecule has 0 aliphatic carbocycles. The van der Waals surface area contributed by atoms with Crippen molar-refractivity contribution in [2.45, 2.75) is 101 Å². The summed E-state index contributed by atoms with van der Waals surface area (Å²) in [6.45, 7) is 4.73. The molecule has 5 atom stereocenters. The molecule has 1 fully saturated rings. The molecule has 1 saturated heterocycles. The number of hydrogen-bond acceptors (Lipinski definition) is 10. The number of pyridine rings is 2. The van der Waals surface area contributed by atoms with Crippen LogP contribution in [0.4, 0.5) is 0 Å². The van der Waals surface area contributed by atoms with E-state index in [2.05, 4.69) is 34.3 Å². The summed E-state index contributed by atoms with van der Waals surface area (Å²) in [7, 11) is 0. The van der Waals surface area contributed by atoms with Crippen LogP contribution >= 0.6 is 0 Å². The monoisotopic (exact) mass is 636 g/mol. The van der Waals surface area contributed by atoms with E-state index in [1.54, 1.807) is 18.2 Å². The number of unbranched alkanes of at least 4 members (excludes halogenated alkanes) is 9. The van der Waals surface area contributed by atoms with E-state index in [4.69, 9.17) is 25.4 Å². The molecular weight excluding hydrogens is 588 g/mol. The topological polar surface area (TPSA) is 144 Å². The molecule has 4 N–H and O–H groups in total. The van der Waals surface area contributed by atoms with Crippen molar-refractivity contribution < 1.29 is 39.4 Å². The van der Waals surface area contributed by atoms with Crippen LogP contribution in [-0.4, -0.2) is 87.5 Å². The quantitative estimate of drug-likeness (QED) is 0.0960. The molecule has 0 radical (unpaired) electrons. The first kappa shape index (κ1) is 37.0. The minimum Gasteiger partial charge on any atom is -0.493 e. The first-order chi connectivity index (χ1) is 22.4. The van der Waals surface area contributed by atoms with E-state index < -0.39 is 37.3 Å². The lowest BCUT2D eigenvalue weighted by atomic mass is 9.99. The fourth-order valence-corrected chi connectivity index (χ4v) is 4.88. The van der Waals surface area contributed by atoms with E-state index in [-0.39, 0.29) is 0 Å². The Balaban J connectivity index is 1.22. The van der Waals surface area contributed by atoms with E-state index in [1.165, 1.54) is 19.3 Å². The van der Waals surface area contributed by atoms with E-state index >= 15 is 0 Å². The Morgan fingerprint density at radius 3 is 2.11 bits per heavy atom. The third-order valence-electron chi connectivity index (χ3n) is 7.50. The van der Waals surface area contributed by atoms with Gasteiger partial charge in [-0.15, -0.1) is 13.0 Å². The van der Waals surface area contributed by atoms with Crippen LogP contribution in [0.15, 0.2) is 43.0 Å². The number of hydrogen-bond donors (Lipinski definition) is 4. The second-order valence-electron chi connectivity index (χ2n) is 11.2. The van der Waals surface area contributed by atoms with Gasteiger partial charge in [0.15, 0.2) is 6.29 Å². The Labute approximate surface area is 272 Å². The van der Waals surface area contributed by atoms with Crippen LogP contribution in [0, 0.1) is 24.2 Å². The maximum atomic E-state index is 10.0. The lowest BCUT2D eigenvalue weighted by molar-refractivity contribution is -0.301. The predicted molar refractivity (Wildman–Crippen MR) is 174 cm³/mol. The van der Waals surface area contributed by atoms with Crippen molar-refractivity contribution in [1.82, 2.24) is 9.97 Å². The largest absolute Gasteiger partial charge is 0.493 e. The molecule has 3 rings (SSSR count). The molecule has 250 valence electrons. The zero-order valence-electron chi connectivity index (χ0n) is 26.6. The van der Waals surface area contributed by atoms with E-state index in [0.29, 0.717) is 48.5 Å². The molecule has 3 heterocycles. The summed E-state index contributed by atoms with van der Waals surface area (Å²) < 4.78 is 22.4. The van der Waals surface area contributed by atoms with Gasteiger partial charge in [-0.05, 0) is 37.2 Å². The van der Waals surface area contributed by atoms with Gasteiger partial charge >= 0.3 is 0 Å². The summed E-state index contributed by atoms with van der Waals surface area (Å²) in [5.41, 5.74) is 1.56. The highest BCUT2D eigenvalue weighted by molar-refractivity contribution is 5.43. The summed E-state index contributed by atoms with van der Waals surface area (Å²) in [4.78, 5) is 8.84. The zero-order chi connectivity index (χ0) is 33.0. The molecule has 0 aromatic carbocycles. The smallest absolute Gasteiger partial charge is 0.214 e. The van der Waals surface area contributed by atoms with Gasteiger partial charge in [0.2, 0.25) is 5.88 Å². The molecule has 2 aromatic rings. The Morgan fingerprint density at radius 1 is 0.783 bits per heavy atom. The van der Waals surface area contributed by atoms with Gasteiger partial charge in [-0.2, -0.15) is 0 Å². The molecule has 0 spiro atoms. The van der Waals surface area contributed by atoms with E-state index in [0.717, 1.165) is 51.4 Å². The Morgan fingerprint density at radius 2 is 1.43 bits per heavy atom. The fourth-order valence-electron chi connectivity index (χ4n) is 4.88. The van der Waals surface area contributed by atoms with Crippen molar-refractivity contribution in [2.75, 3.05) is 26.4 Å². The second-order valence-corrected chi connectivity index (χ2v) is 11.2. The zero-order valence-corrected chi connectivity index (χ0v) is 26.6. The lowest BCUT2D eigenvalue weighted by Crippen LogP contribution is -2.59. The number of rotatable bonds is 20. The number of aliphatic hydroxyl groups is 4. The van der Waals surface area contributed by atoms with Gasteiger partial charge in [0.25, 0.3) is 0 Å². The van der Waals surface area contributed by atoms with Crippen LogP contribution < -0.4 is 9.47 Å². The summed E-state index contributed by atoms with van der Waals surface area (Å²) in [5, 5.41) is 38.9. The highest BCUT2D eigenvalue weighted by Crippen LogP contribution is 2.22. The normalized spacial score (nSPS) is 20.7. The van der Waals surface area contributed by atoms with Gasteiger partial charge in [-0.25, -0.2) is 9.97 Å². The first-order valence-electron chi connectivity index (χ1n) is 16.2. The number of terminal acetylenes is 1. The Hall–Kier alpha value is -3.48. The van der Waals surface area contributed by atoms with Crippen molar-refractivity contribution in [2.24, 2.45) is 0 Å². The highest BCUT2D eigenvalue weighted by Gasteiger charge is 2.43. The Kier molecular flexibility index (Phi) is 17.2. The van der Waals surface area contributed by atoms with Crippen molar-refractivity contribution in [3.63, 3.8) is 0 Å². The molecule has 46 heavy (non-hydrogen) atoms. The van der Waals surface area contributed by atoms with Crippen LogP contribution in [0.5, 0.6) is 11.6 Å². The summed E-state index contributed by atoms with van der Waals surface area (Å²) in [6, 6.07) is 8.99. The summed E-state index contributed by atoms with van der Waals surface area (Å²) in [5.74, 6) is 9.75. The molecule has 10 heteroatoms. The van der Waals surface area contributed by atoms with Crippen molar-refractivity contribution in [1.29, 1.82) is 0 Å². The van der Waals surface area contributed by atoms with Gasteiger partial charge in [0.05, 0.1) is 19.8 Å². The van der Waals surface area contributed by atoms with Crippen LogP contribution in [-0.2, 0) is 9.47 Å². The SMILES string of the molecule is C#Cc1cc(OCCC=C)cc(C#Cc2cccc(OCCCCCCCCCCCCO[C@@H]3O[C@H](CO)[C@@H](O)[C@H](O)[C@H]3O)n2)n1. The van der Waals surface area contributed by atoms with Gasteiger partial charge in [-0.1, -0.05) is 69.4 Å². The molecule has 1 aliphatic rings. The van der Waals surface area contributed by atoms with Crippen LogP contribution in [0.1, 0.15) is 87.7 Å². The minimum atomic E-state index is -1.41. The third kappa shape index (κ3) is 13.1. The molecular formula is C36H48N2O8. The van der Waals surface area contributed by atoms with Crippen LogP contribution in [0.2, 0.25) is 0 Å². The molecule has 10 nitrogen and oxygen atoms in total. The van der Waals surface area contributed by atoms with Crippen molar-refractivity contribution in [3.8, 4) is 35.8 Å². The lowest BCUT2D eigenvalue weighted by Gasteiger charge is -2.39. The molecule has 2 aromatic heterocycles. The molecule has 0 unspecified atom stereocenters. The average Bonchev–Trinajstić information content (AvgIpc) is 3.07.